The highest BCUT2D eigenvalue weighted by atomic mass is 16.4. The van der Waals surface area contributed by atoms with Crippen molar-refractivity contribution in [1.29, 1.82) is 0 Å². The normalized spacial score (nSPS) is 15.8. The van der Waals surface area contributed by atoms with Gasteiger partial charge in [-0.3, -0.25) is 24.5 Å². The van der Waals surface area contributed by atoms with Crippen molar-refractivity contribution < 1.29 is 29.4 Å². The fourth-order valence-electron chi connectivity index (χ4n) is 8.11. The van der Waals surface area contributed by atoms with Crippen molar-refractivity contribution in [1.82, 2.24) is 35.3 Å². The lowest BCUT2D eigenvalue weighted by atomic mass is 9.84. The minimum absolute atomic E-state index is 0.0381. The van der Waals surface area contributed by atoms with Crippen molar-refractivity contribution in [2.75, 3.05) is 20.1 Å². The molecule has 60 heavy (non-hydrogen) atoms. The van der Waals surface area contributed by atoms with Gasteiger partial charge in [-0.05, 0) is 72.4 Å². The highest BCUT2D eigenvalue weighted by Gasteiger charge is 2.44. The summed E-state index contributed by atoms with van der Waals surface area (Å²) in [7, 11) is 1.36. The Kier molecular flexibility index (Phi) is 14.7. The number of pyridine rings is 2. The van der Waals surface area contributed by atoms with Gasteiger partial charge in [0.1, 0.15) is 12.1 Å². The van der Waals surface area contributed by atoms with Gasteiger partial charge in [-0.1, -0.05) is 108 Å². The number of carbonyl (C=O) groups excluding carboxylic acids is 3. The molecule has 13 heteroatoms. The number of likely N-dealkylation sites (N-methyl/N-ethyl adjacent to an activating group) is 1. The number of carboxylic acid groups (broad SMARTS) is 1. The number of aryl methyl sites for hydroxylation is 1. The summed E-state index contributed by atoms with van der Waals surface area (Å²) in [4.78, 5) is 68.2. The number of aliphatic hydroxyl groups excluding tert-OH is 1. The smallest absolute Gasteiger partial charge is 0.407 e. The molecular formula is C47H61N7O6. The van der Waals surface area contributed by atoms with E-state index in [1.54, 1.807) is 36.8 Å². The van der Waals surface area contributed by atoms with Crippen LogP contribution in [0.5, 0.6) is 0 Å². The molecule has 5 atom stereocenters. The molecule has 5 amide bonds. The van der Waals surface area contributed by atoms with Crippen LogP contribution in [0.4, 0.5) is 9.59 Å². The zero-order valence-electron chi connectivity index (χ0n) is 36.1. The Morgan fingerprint density at radius 1 is 0.800 bits per heavy atom. The van der Waals surface area contributed by atoms with Gasteiger partial charge >= 0.3 is 12.1 Å². The molecule has 5 rings (SSSR count). The van der Waals surface area contributed by atoms with E-state index in [9.17, 15) is 29.4 Å². The standard InChI is InChI=1S/C47H61N7O6/c1-31-15-14-18-35(49-31)30-53-25-26-54(44(53)58)41(47(5,6)7)43(57)50-36(27-33-20-22-34(23-21-33)37-19-12-13-24-48-37)29-39(55)38(28-32-16-10-9-11-17-32)51-42(56)40(46(2,3)4)52(8)45(59)60/h9-24,36,38-41,55H,25-30H2,1-8H3,(H,50,57)(H,51,56)(H,59,60)/t36-,38+,39+,40-,41-/m1/s1. The Balaban J connectivity index is 1.44. The average Bonchev–Trinajstić information content (AvgIpc) is 3.52. The number of nitrogens with one attached hydrogen (secondary N) is 2. The van der Waals surface area contributed by atoms with Crippen molar-refractivity contribution in [3.63, 3.8) is 0 Å². The first-order valence-corrected chi connectivity index (χ1v) is 20.6. The number of rotatable bonds is 16. The van der Waals surface area contributed by atoms with Crippen LogP contribution in [0.3, 0.4) is 0 Å². The van der Waals surface area contributed by atoms with E-state index in [1.165, 1.54) is 7.05 Å². The first kappa shape index (κ1) is 45.3. The Labute approximate surface area is 354 Å². The summed E-state index contributed by atoms with van der Waals surface area (Å²) in [5.41, 5.74) is 3.70. The predicted octanol–water partition coefficient (Wildman–Crippen LogP) is 6.33. The SMILES string of the molecule is Cc1cccc(CN2CCN([C@H](C(=O)N[C@H](Cc3ccc(-c4ccccn4)cc3)C[C@H](O)[C@H](Cc3ccccc3)NC(=O)[C@@H](N(C)C(=O)O)C(C)(C)C)C(C)(C)C)C2=O)n1. The molecule has 0 radical (unpaired) electrons. The van der Waals surface area contributed by atoms with Crippen LogP contribution in [0.2, 0.25) is 0 Å². The number of nitrogens with zero attached hydrogens (tertiary/aromatic N) is 5. The second-order valence-electron chi connectivity index (χ2n) is 18.0. The van der Waals surface area contributed by atoms with Gasteiger partial charge in [0.25, 0.3) is 0 Å². The van der Waals surface area contributed by atoms with E-state index in [0.717, 1.165) is 38.7 Å². The molecule has 0 bridgehead atoms. The Morgan fingerprint density at radius 2 is 1.47 bits per heavy atom. The highest BCUT2D eigenvalue weighted by Crippen LogP contribution is 2.30. The summed E-state index contributed by atoms with van der Waals surface area (Å²) in [6.07, 6.45) is -0.0708. The van der Waals surface area contributed by atoms with Gasteiger partial charge in [-0.25, -0.2) is 9.59 Å². The third kappa shape index (κ3) is 11.9. The van der Waals surface area contributed by atoms with E-state index in [2.05, 4.69) is 20.6 Å². The van der Waals surface area contributed by atoms with Crippen molar-refractivity contribution in [2.45, 2.75) is 105 Å². The number of hydrogen-bond acceptors (Lipinski definition) is 7. The number of aromatic nitrogens is 2. The van der Waals surface area contributed by atoms with Gasteiger partial charge in [0, 0.05) is 43.6 Å². The average molecular weight is 820 g/mol. The molecule has 0 spiro atoms. The maximum Gasteiger partial charge on any atom is 0.407 e. The Bertz CT molecular complexity index is 2070. The minimum atomic E-state index is -1.25. The summed E-state index contributed by atoms with van der Waals surface area (Å²) < 4.78 is 0. The van der Waals surface area contributed by atoms with Crippen molar-refractivity contribution in [2.24, 2.45) is 10.8 Å². The zero-order chi connectivity index (χ0) is 43.8. The molecular weight excluding hydrogens is 759 g/mol. The fourth-order valence-corrected chi connectivity index (χ4v) is 8.11. The van der Waals surface area contributed by atoms with Gasteiger partial charge < -0.3 is 30.6 Å². The Hall–Kier alpha value is -5.82. The number of aliphatic hydroxyl groups is 1. The Morgan fingerprint density at radius 3 is 2.07 bits per heavy atom. The third-order valence-corrected chi connectivity index (χ3v) is 10.9. The van der Waals surface area contributed by atoms with Crippen molar-refractivity contribution in [3.05, 3.63) is 120 Å². The molecule has 2 aromatic heterocycles. The summed E-state index contributed by atoms with van der Waals surface area (Å²) in [6.45, 7) is 14.2. The van der Waals surface area contributed by atoms with Crippen LogP contribution in [0, 0.1) is 17.8 Å². The molecule has 2 aromatic carbocycles. The number of amides is 5. The van der Waals surface area contributed by atoms with Crippen LogP contribution in [0.25, 0.3) is 11.3 Å². The maximum atomic E-state index is 14.7. The lowest BCUT2D eigenvalue weighted by Gasteiger charge is -2.38. The van der Waals surface area contributed by atoms with Crippen LogP contribution >= 0.6 is 0 Å². The number of benzene rings is 2. The molecule has 0 aliphatic carbocycles. The third-order valence-electron chi connectivity index (χ3n) is 10.9. The molecule has 4 aromatic rings. The number of carbonyl (C=O) groups is 4. The first-order valence-electron chi connectivity index (χ1n) is 20.6. The summed E-state index contributed by atoms with van der Waals surface area (Å²) in [5.74, 6) is -0.892. The molecule has 1 fully saturated rings. The molecule has 1 aliphatic rings. The predicted molar refractivity (Wildman–Crippen MR) is 232 cm³/mol. The van der Waals surface area contributed by atoms with E-state index in [1.807, 2.05) is 119 Å². The van der Waals surface area contributed by atoms with Crippen LogP contribution < -0.4 is 10.6 Å². The van der Waals surface area contributed by atoms with Gasteiger partial charge in [0.15, 0.2) is 0 Å². The molecule has 1 aliphatic heterocycles. The van der Waals surface area contributed by atoms with E-state index in [4.69, 9.17) is 0 Å². The molecule has 0 saturated carbocycles. The minimum Gasteiger partial charge on any atom is -0.465 e. The number of hydrogen-bond donors (Lipinski definition) is 4. The van der Waals surface area contributed by atoms with Crippen molar-refractivity contribution >= 4 is 23.9 Å². The largest absolute Gasteiger partial charge is 0.465 e. The van der Waals surface area contributed by atoms with Crippen molar-refractivity contribution in [3.8, 4) is 11.3 Å². The maximum absolute atomic E-state index is 14.7. The second kappa shape index (κ2) is 19.5. The van der Waals surface area contributed by atoms with Gasteiger partial charge in [-0.15, -0.1) is 0 Å². The monoisotopic (exact) mass is 819 g/mol. The summed E-state index contributed by atoms with van der Waals surface area (Å²) >= 11 is 0. The van der Waals surface area contributed by atoms with E-state index in [-0.39, 0.29) is 24.8 Å². The van der Waals surface area contributed by atoms with E-state index < -0.39 is 53.1 Å². The van der Waals surface area contributed by atoms with E-state index in [0.29, 0.717) is 26.1 Å². The first-order chi connectivity index (χ1) is 28.3. The topological polar surface area (TPSA) is 168 Å². The van der Waals surface area contributed by atoms with Gasteiger partial charge in [0.2, 0.25) is 11.8 Å². The summed E-state index contributed by atoms with van der Waals surface area (Å²) in [6, 6.07) is 25.1. The fraction of sp³-hybridized carbons (Fsp3) is 0.447. The lowest BCUT2D eigenvalue weighted by Crippen LogP contribution is -2.59. The van der Waals surface area contributed by atoms with Gasteiger partial charge in [0.05, 0.1) is 30.1 Å². The molecule has 4 N–H and O–H groups in total. The summed E-state index contributed by atoms with van der Waals surface area (Å²) in [5, 5.41) is 28.3. The quantitative estimate of drug-likeness (QED) is 0.102. The lowest BCUT2D eigenvalue weighted by molar-refractivity contribution is -0.131. The van der Waals surface area contributed by atoms with Crippen LogP contribution in [0.15, 0.2) is 97.2 Å². The molecule has 320 valence electrons. The van der Waals surface area contributed by atoms with Crippen LogP contribution in [-0.2, 0) is 29.0 Å². The molecule has 3 heterocycles. The molecule has 1 saturated heterocycles. The number of urea groups is 1. The van der Waals surface area contributed by atoms with Gasteiger partial charge in [-0.2, -0.15) is 0 Å². The highest BCUT2D eigenvalue weighted by molar-refractivity contribution is 5.89. The zero-order valence-corrected chi connectivity index (χ0v) is 36.1. The van der Waals surface area contributed by atoms with Crippen LogP contribution in [-0.4, -0.2) is 109 Å². The van der Waals surface area contributed by atoms with Crippen LogP contribution in [0.1, 0.15) is 70.5 Å². The van der Waals surface area contributed by atoms with E-state index >= 15 is 0 Å². The molecule has 13 nitrogen and oxygen atoms in total. The second-order valence-corrected chi connectivity index (χ2v) is 18.0. The molecule has 0 unspecified atom stereocenters.